The predicted octanol–water partition coefficient (Wildman–Crippen LogP) is 3.73. The van der Waals surface area contributed by atoms with Gasteiger partial charge in [-0.25, -0.2) is 0 Å². The summed E-state index contributed by atoms with van der Waals surface area (Å²) >= 11 is 4.91. The normalized spacial score (nSPS) is 11.9. The minimum Gasteiger partial charge on any atom is -0.480 e. The van der Waals surface area contributed by atoms with Crippen LogP contribution in [0.25, 0.3) is 0 Å². The van der Waals surface area contributed by atoms with Crippen molar-refractivity contribution in [3.05, 3.63) is 56.7 Å². The molecule has 0 fully saturated rings. The van der Waals surface area contributed by atoms with Gasteiger partial charge in [0.2, 0.25) is 5.91 Å². The lowest BCUT2D eigenvalue weighted by molar-refractivity contribution is -0.145. The highest BCUT2D eigenvalue weighted by molar-refractivity contribution is 9.10. The number of halogens is 1. The van der Waals surface area contributed by atoms with Crippen molar-refractivity contribution in [3.63, 3.8) is 0 Å². The van der Waals surface area contributed by atoms with Gasteiger partial charge in [0, 0.05) is 11.0 Å². The van der Waals surface area contributed by atoms with Gasteiger partial charge in [-0.15, -0.1) is 0 Å². The lowest BCUT2D eigenvalue weighted by Crippen LogP contribution is -2.37. The first-order valence-corrected chi connectivity index (χ1v) is 8.48. The Labute approximate surface area is 141 Å². The van der Waals surface area contributed by atoms with Crippen LogP contribution in [-0.2, 0) is 16.1 Å². The van der Waals surface area contributed by atoms with Crippen LogP contribution in [0.3, 0.4) is 0 Å². The molecule has 6 heteroatoms. The van der Waals surface area contributed by atoms with Crippen molar-refractivity contribution in [2.75, 3.05) is 6.54 Å². The largest absolute Gasteiger partial charge is 0.480 e. The van der Waals surface area contributed by atoms with Gasteiger partial charge in [-0.05, 0) is 47.0 Å². The molecule has 0 aliphatic rings. The quantitative estimate of drug-likeness (QED) is 0.829. The highest BCUT2D eigenvalue weighted by atomic mass is 79.9. The topological polar surface area (TPSA) is 57.6 Å². The number of aliphatic carboxylic acids is 1. The molecule has 1 aromatic carbocycles. The fraction of sp³-hybridized carbons (Fsp3) is 0.250. The molecule has 0 aliphatic carbocycles. The summed E-state index contributed by atoms with van der Waals surface area (Å²) in [5.41, 5.74) is 1.81. The average molecular weight is 382 g/mol. The Balaban J connectivity index is 2.18. The maximum Gasteiger partial charge on any atom is 0.323 e. The second kappa shape index (κ2) is 7.56. The van der Waals surface area contributed by atoms with Crippen LogP contribution >= 0.6 is 27.3 Å². The van der Waals surface area contributed by atoms with E-state index >= 15 is 0 Å². The molecule has 4 nitrogen and oxygen atoms in total. The van der Waals surface area contributed by atoms with E-state index in [4.69, 9.17) is 5.11 Å². The number of thiophene rings is 1. The third kappa shape index (κ3) is 4.42. The lowest BCUT2D eigenvalue weighted by atomic mass is 10.0. The molecule has 1 aromatic heterocycles. The Morgan fingerprint density at radius 1 is 1.36 bits per heavy atom. The molecule has 1 heterocycles. The molecule has 116 valence electrons. The molecular weight excluding hydrogens is 366 g/mol. The molecule has 0 spiro atoms. The van der Waals surface area contributed by atoms with Crippen molar-refractivity contribution < 1.29 is 14.7 Å². The number of hydrogen-bond acceptors (Lipinski definition) is 3. The zero-order valence-corrected chi connectivity index (χ0v) is 14.4. The lowest BCUT2D eigenvalue weighted by Gasteiger charge is -2.24. The number of carbonyl (C=O) groups excluding carboxylic acids is 1. The standard InChI is InChI=1S/C16H16BrNO3S/c1-11(13-5-6-22-10-13)16(21)18(9-15(19)20)8-12-3-2-4-14(17)7-12/h2-7,10-11H,8-9H2,1H3,(H,19,20). The molecule has 22 heavy (non-hydrogen) atoms. The van der Waals surface area contributed by atoms with E-state index < -0.39 is 5.97 Å². The summed E-state index contributed by atoms with van der Waals surface area (Å²) in [7, 11) is 0. The fourth-order valence-corrected chi connectivity index (χ4v) is 3.37. The number of amides is 1. The summed E-state index contributed by atoms with van der Waals surface area (Å²) in [6.45, 7) is 1.78. The SMILES string of the molecule is CC(C(=O)N(CC(=O)O)Cc1cccc(Br)c1)c1ccsc1. The van der Waals surface area contributed by atoms with Crippen LogP contribution < -0.4 is 0 Å². The summed E-state index contributed by atoms with van der Waals surface area (Å²) in [5, 5.41) is 12.9. The smallest absolute Gasteiger partial charge is 0.323 e. The summed E-state index contributed by atoms with van der Waals surface area (Å²) in [6.07, 6.45) is 0. The van der Waals surface area contributed by atoms with Gasteiger partial charge in [0.15, 0.2) is 0 Å². The highest BCUT2D eigenvalue weighted by Gasteiger charge is 2.24. The fourth-order valence-electron chi connectivity index (χ4n) is 2.17. The van der Waals surface area contributed by atoms with Crippen LogP contribution in [0.2, 0.25) is 0 Å². The number of carboxylic acid groups (broad SMARTS) is 1. The molecule has 1 amide bonds. The summed E-state index contributed by atoms with van der Waals surface area (Å²) in [6, 6.07) is 9.41. The van der Waals surface area contributed by atoms with Crippen LogP contribution in [0, 0.1) is 0 Å². The van der Waals surface area contributed by atoms with Gasteiger partial charge in [-0.1, -0.05) is 28.1 Å². The molecular formula is C16H16BrNO3S. The van der Waals surface area contributed by atoms with Crippen molar-refractivity contribution in [3.8, 4) is 0 Å². The van der Waals surface area contributed by atoms with Crippen LogP contribution in [0.1, 0.15) is 24.0 Å². The van der Waals surface area contributed by atoms with E-state index in [-0.39, 0.29) is 24.9 Å². The summed E-state index contributed by atoms with van der Waals surface area (Å²) in [5.74, 6) is -1.54. The Morgan fingerprint density at radius 3 is 2.73 bits per heavy atom. The molecule has 1 N–H and O–H groups in total. The Bertz CT molecular complexity index is 657. The first-order valence-electron chi connectivity index (χ1n) is 6.74. The summed E-state index contributed by atoms with van der Waals surface area (Å²) < 4.78 is 0.901. The van der Waals surface area contributed by atoms with E-state index in [0.29, 0.717) is 0 Å². The van der Waals surface area contributed by atoms with E-state index in [1.807, 2.05) is 41.1 Å². The van der Waals surface area contributed by atoms with Crippen LogP contribution in [0.15, 0.2) is 45.6 Å². The Kier molecular flexibility index (Phi) is 5.74. The van der Waals surface area contributed by atoms with Crippen molar-refractivity contribution in [1.29, 1.82) is 0 Å². The van der Waals surface area contributed by atoms with Gasteiger partial charge in [0.25, 0.3) is 0 Å². The number of nitrogens with zero attached hydrogens (tertiary/aromatic N) is 1. The number of carbonyl (C=O) groups is 2. The third-order valence-electron chi connectivity index (χ3n) is 3.31. The van der Waals surface area contributed by atoms with Crippen molar-refractivity contribution in [2.45, 2.75) is 19.4 Å². The van der Waals surface area contributed by atoms with Gasteiger partial charge in [0.05, 0.1) is 5.92 Å². The first-order chi connectivity index (χ1) is 10.5. The van der Waals surface area contributed by atoms with E-state index in [1.165, 1.54) is 16.2 Å². The number of carboxylic acids is 1. The maximum absolute atomic E-state index is 12.6. The van der Waals surface area contributed by atoms with E-state index in [2.05, 4.69) is 15.9 Å². The van der Waals surface area contributed by atoms with Crippen molar-refractivity contribution >= 4 is 39.1 Å². The van der Waals surface area contributed by atoms with Gasteiger partial charge in [-0.2, -0.15) is 11.3 Å². The van der Waals surface area contributed by atoms with E-state index in [9.17, 15) is 9.59 Å². The molecule has 2 aromatic rings. The zero-order valence-electron chi connectivity index (χ0n) is 12.0. The van der Waals surface area contributed by atoms with Gasteiger partial charge >= 0.3 is 5.97 Å². The molecule has 0 aliphatic heterocycles. The average Bonchev–Trinajstić information content (AvgIpc) is 2.98. The zero-order chi connectivity index (χ0) is 16.1. The van der Waals surface area contributed by atoms with Gasteiger partial charge < -0.3 is 10.0 Å². The van der Waals surface area contributed by atoms with Gasteiger partial charge in [0.1, 0.15) is 6.54 Å². The highest BCUT2D eigenvalue weighted by Crippen LogP contribution is 2.22. The van der Waals surface area contributed by atoms with Crippen LogP contribution in [-0.4, -0.2) is 28.4 Å². The number of rotatable bonds is 6. The number of benzene rings is 1. The molecule has 0 radical (unpaired) electrons. The first kappa shape index (κ1) is 16.7. The maximum atomic E-state index is 12.6. The van der Waals surface area contributed by atoms with E-state index in [0.717, 1.165) is 15.6 Å². The predicted molar refractivity (Wildman–Crippen MR) is 89.9 cm³/mol. The minimum absolute atomic E-state index is 0.180. The van der Waals surface area contributed by atoms with Crippen molar-refractivity contribution in [1.82, 2.24) is 4.90 Å². The van der Waals surface area contributed by atoms with Crippen molar-refractivity contribution in [2.24, 2.45) is 0 Å². The molecule has 0 bridgehead atoms. The molecule has 2 rings (SSSR count). The molecule has 1 atom stereocenters. The van der Waals surface area contributed by atoms with Crippen LogP contribution in [0.5, 0.6) is 0 Å². The minimum atomic E-state index is -1.01. The number of hydrogen-bond donors (Lipinski definition) is 1. The monoisotopic (exact) mass is 381 g/mol. The summed E-state index contributed by atoms with van der Waals surface area (Å²) in [4.78, 5) is 25.1. The molecule has 1 unspecified atom stereocenters. The van der Waals surface area contributed by atoms with E-state index in [1.54, 1.807) is 6.92 Å². The second-order valence-corrected chi connectivity index (χ2v) is 6.69. The Morgan fingerprint density at radius 2 is 2.14 bits per heavy atom. The van der Waals surface area contributed by atoms with Crippen LogP contribution in [0.4, 0.5) is 0 Å². The molecule has 0 saturated carbocycles. The second-order valence-electron chi connectivity index (χ2n) is 5.00. The van der Waals surface area contributed by atoms with Gasteiger partial charge in [-0.3, -0.25) is 9.59 Å². The molecule has 0 saturated heterocycles. The third-order valence-corrected chi connectivity index (χ3v) is 4.51. The Hall–Kier alpha value is -1.66.